The molecule has 1 unspecified atom stereocenters. The number of hydrogen-bond acceptors (Lipinski definition) is 2. The maximum absolute atomic E-state index is 13.8. The quantitative estimate of drug-likeness (QED) is 0.836. The predicted molar refractivity (Wildman–Crippen MR) is 62.1 cm³/mol. The van der Waals surface area contributed by atoms with E-state index in [9.17, 15) is 9.50 Å². The first kappa shape index (κ1) is 13.0. The van der Waals surface area contributed by atoms with E-state index in [1.54, 1.807) is 18.2 Å². The zero-order valence-electron chi connectivity index (χ0n) is 10.0. The van der Waals surface area contributed by atoms with Crippen LogP contribution >= 0.6 is 0 Å². The van der Waals surface area contributed by atoms with Crippen LogP contribution in [0.15, 0.2) is 18.2 Å². The van der Waals surface area contributed by atoms with Crippen molar-refractivity contribution in [1.82, 2.24) is 0 Å². The third-order valence-electron chi connectivity index (χ3n) is 2.92. The molecule has 0 aromatic heterocycles. The molecule has 2 nitrogen and oxygen atoms in total. The van der Waals surface area contributed by atoms with E-state index in [-0.39, 0.29) is 24.1 Å². The van der Waals surface area contributed by atoms with Gasteiger partial charge in [-0.2, -0.15) is 0 Å². The normalized spacial score (nSPS) is 12.9. The van der Waals surface area contributed by atoms with Crippen LogP contribution in [0.3, 0.4) is 0 Å². The van der Waals surface area contributed by atoms with Gasteiger partial charge in [0.15, 0.2) is 11.6 Å². The maximum Gasteiger partial charge on any atom is 0.168 e. The molecule has 1 atom stereocenters. The lowest BCUT2D eigenvalue weighted by Crippen LogP contribution is -2.17. The molecule has 0 radical (unpaired) electrons. The minimum Gasteiger partial charge on any atom is -0.494 e. The lowest BCUT2D eigenvalue weighted by atomic mass is 9.90. The van der Waals surface area contributed by atoms with Gasteiger partial charge >= 0.3 is 0 Å². The van der Waals surface area contributed by atoms with Crippen molar-refractivity contribution in [2.24, 2.45) is 11.8 Å². The predicted octanol–water partition coefficient (Wildman–Crippen LogP) is 2.64. The minimum absolute atomic E-state index is 0.0777. The summed E-state index contributed by atoms with van der Waals surface area (Å²) < 4.78 is 18.8. The second-order valence-electron chi connectivity index (χ2n) is 4.32. The van der Waals surface area contributed by atoms with Crippen LogP contribution in [0.2, 0.25) is 0 Å². The number of aliphatic hydroxyl groups excluding tert-OH is 1. The van der Waals surface area contributed by atoms with Gasteiger partial charge in [0, 0.05) is 6.61 Å². The van der Waals surface area contributed by atoms with Crippen LogP contribution in [-0.2, 0) is 6.42 Å². The molecular weight excluding hydrogens is 207 g/mol. The van der Waals surface area contributed by atoms with Crippen LogP contribution in [-0.4, -0.2) is 18.8 Å². The Kier molecular flexibility index (Phi) is 4.74. The fourth-order valence-corrected chi connectivity index (χ4v) is 1.67. The molecule has 0 saturated carbocycles. The van der Waals surface area contributed by atoms with Gasteiger partial charge in [-0.1, -0.05) is 26.0 Å². The van der Waals surface area contributed by atoms with Gasteiger partial charge in [-0.15, -0.1) is 0 Å². The first-order valence-electron chi connectivity index (χ1n) is 5.52. The largest absolute Gasteiger partial charge is 0.494 e. The van der Waals surface area contributed by atoms with Crippen LogP contribution in [0.5, 0.6) is 5.75 Å². The van der Waals surface area contributed by atoms with E-state index < -0.39 is 0 Å². The van der Waals surface area contributed by atoms with Crippen LogP contribution < -0.4 is 4.74 Å². The van der Waals surface area contributed by atoms with E-state index in [0.29, 0.717) is 17.9 Å². The Morgan fingerprint density at radius 2 is 2.06 bits per heavy atom. The Balaban J connectivity index is 2.88. The van der Waals surface area contributed by atoms with Crippen LogP contribution in [0.4, 0.5) is 4.39 Å². The van der Waals surface area contributed by atoms with E-state index in [1.807, 2.05) is 13.8 Å². The summed E-state index contributed by atoms with van der Waals surface area (Å²) in [5, 5.41) is 9.22. The number of methoxy groups -OCH3 is 1. The van der Waals surface area contributed by atoms with Crippen LogP contribution in [0.1, 0.15) is 19.4 Å². The molecule has 0 bridgehead atoms. The summed E-state index contributed by atoms with van der Waals surface area (Å²) in [7, 11) is 1.45. The Labute approximate surface area is 96.1 Å². The molecular formula is C13H19FO2. The number of halogens is 1. The third kappa shape index (κ3) is 2.95. The molecule has 1 aromatic carbocycles. The Morgan fingerprint density at radius 1 is 1.38 bits per heavy atom. The van der Waals surface area contributed by atoms with Gasteiger partial charge in [-0.05, 0) is 29.9 Å². The SMILES string of the molecule is COc1cccc(CC(CO)C(C)C)c1F. The molecule has 1 aromatic rings. The minimum atomic E-state index is -0.316. The molecule has 0 spiro atoms. The molecule has 1 N–H and O–H groups in total. The highest BCUT2D eigenvalue weighted by Crippen LogP contribution is 2.24. The van der Waals surface area contributed by atoms with Gasteiger partial charge in [0.1, 0.15) is 0 Å². The van der Waals surface area contributed by atoms with E-state index in [2.05, 4.69) is 0 Å². The number of benzene rings is 1. The van der Waals surface area contributed by atoms with Gasteiger partial charge in [0.05, 0.1) is 7.11 Å². The zero-order chi connectivity index (χ0) is 12.1. The molecule has 0 aliphatic heterocycles. The van der Waals surface area contributed by atoms with Crippen molar-refractivity contribution in [3.63, 3.8) is 0 Å². The molecule has 16 heavy (non-hydrogen) atoms. The molecule has 0 aliphatic rings. The summed E-state index contributed by atoms with van der Waals surface area (Å²) in [5.74, 6) is 0.360. The van der Waals surface area contributed by atoms with Crippen molar-refractivity contribution in [2.45, 2.75) is 20.3 Å². The molecule has 0 amide bonds. The second-order valence-corrected chi connectivity index (χ2v) is 4.32. The summed E-state index contributed by atoms with van der Waals surface area (Å²) >= 11 is 0. The van der Waals surface area contributed by atoms with E-state index in [1.165, 1.54) is 7.11 Å². The smallest absolute Gasteiger partial charge is 0.168 e. The molecule has 0 fully saturated rings. The average Bonchev–Trinajstić information content (AvgIpc) is 2.27. The van der Waals surface area contributed by atoms with Gasteiger partial charge < -0.3 is 9.84 Å². The number of aliphatic hydroxyl groups is 1. The first-order chi connectivity index (χ1) is 7.60. The van der Waals surface area contributed by atoms with Gasteiger partial charge in [-0.25, -0.2) is 4.39 Å². The molecule has 0 aliphatic carbocycles. The molecule has 90 valence electrons. The topological polar surface area (TPSA) is 29.5 Å². The van der Waals surface area contributed by atoms with Crippen molar-refractivity contribution >= 4 is 0 Å². The third-order valence-corrected chi connectivity index (χ3v) is 2.92. The van der Waals surface area contributed by atoms with Crippen molar-refractivity contribution in [3.8, 4) is 5.75 Å². The highest BCUT2D eigenvalue weighted by Gasteiger charge is 2.16. The lowest BCUT2D eigenvalue weighted by Gasteiger charge is -2.18. The highest BCUT2D eigenvalue weighted by molar-refractivity contribution is 5.31. The summed E-state index contributed by atoms with van der Waals surface area (Å²) in [4.78, 5) is 0. The monoisotopic (exact) mass is 226 g/mol. The van der Waals surface area contributed by atoms with Gasteiger partial charge in [0.25, 0.3) is 0 Å². The Bertz CT molecular complexity index is 337. The summed E-state index contributed by atoms with van der Waals surface area (Å²) in [6.07, 6.45) is 0.539. The lowest BCUT2D eigenvalue weighted by molar-refractivity contribution is 0.188. The molecule has 0 heterocycles. The number of ether oxygens (including phenoxy) is 1. The van der Waals surface area contributed by atoms with Gasteiger partial charge in [-0.3, -0.25) is 0 Å². The van der Waals surface area contributed by atoms with Gasteiger partial charge in [0.2, 0.25) is 0 Å². The number of rotatable bonds is 5. The molecule has 0 saturated heterocycles. The fraction of sp³-hybridized carbons (Fsp3) is 0.538. The van der Waals surface area contributed by atoms with Crippen molar-refractivity contribution in [1.29, 1.82) is 0 Å². The first-order valence-corrected chi connectivity index (χ1v) is 5.52. The highest BCUT2D eigenvalue weighted by atomic mass is 19.1. The van der Waals surface area contributed by atoms with Crippen molar-refractivity contribution in [2.75, 3.05) is 13.7 Å². The summed E-state index contributed by atoms with van der Waals surface area (Å²) in [6.45, 7) is 4.13. The van der Waals surface area contributed by atoms with E-state index in [4.69, 9.17) is 4.74 Å². The maximum atomic E-state index is 13.8. The zero-order valence-corrected chi connectivity index (χ0v) is 10.0. The molecule has 3 heteroatoms. The second kappa shape index (κ2) is 5.85. The van der Waals surface area contributed by atoms with E-state index >= 15 is 0 Å². The summed E-state index contributed by atoms with van der Waals surface area (Å²) in [6, 6.07) is 5.11. The van der Waals surface area contributed by atoms with Crippen molar-refractivity contribution in [3.05, 3.63) is 29.6 Å². The standard InChI is InChI=1S/C13H19FO2/c1-9(2)11(8-15)7-10-5-4-6-12(16-3)13(10)14/h4-6,9,11,15H,7-8H2,1-3H3. The average molecular weight is 226 g/mol. The number of hydrogen-bond donors (Lipinski definition) is 1. The van der Waals surface area contributed by atoms with Crippen molar-refractivity contribution < 1.29 is 14.2 Å². The fourth-order valence-electron chi connectivity index (χ4n) is 1.67. The van der Waals surface area contributed by atoms with Crippen LogP contribution in [0, 0.1) is 17.7 Å². The van der Waals surface area contributed by atoms with Crippen LogP contribution in [0.25, 0.3) is 0 Å². The Hall–Kier alpha value is -1.09. The van der Waals surface area contributed by atoms with E-state index in [0.717, 1.165) is 0 Å². The summed E-state index contributed by atoms with van der Waals surface area (Å²) in [5.41, 5.74) is 0.604. The Morgan fingerprint density at radius 3 is 2.56 bits per heavy atom. The molecule has 1 rings (SSSR count).